The van der Waals surface area contributed by atoms with Crippen molar-refractivity contribution >= 4 is 5.65 Å². The van der Waals surface area contributed by atoms with Crippen LogP contribution in [0.5, 0.6) is 0 Å². The summed E-state index contributed by atoms with van der Waals surface area (Å²) in [5.41, 5.74) is 1.26. The fourth-order valence-corrected chi connectivity index (χ4v) is 2.08. The minimum Gasteiger partial charge on any atom is -0.395 e. The summed E-state index contributed by atoms with van der Waals surface area (Å²) in [4.78, 5) is 18.4. The average Bonchev–Trinajstić information content (AvgIpc) is 2.85. The van der Waals surface area contributed by atoms with Gasteiger partial charge in [0, 0.05) is 31.4 Å². The van der Waals surface area contributed by atoms with E-state index in [4.69, 9.17) is 5.11 Å². The molecule has 0 radical (unpaired) electrons. The predicted molar refractivity (Wildman–Crippen MR) is 73.1 cm³/mol. The summed E-state index contributed by atoms with van der Waals surface area (Å²) in [5, 5.41) is 11.9. The average molecular weight is 264 g/mol. The van der Waals surface area contributed by atoms with Crippen LogP contribution < -0.4 is 5.56 Å². The number of unbranched alkanes of at least 4 members (excludes halogenated alkanes) is 1. The van der Waals surface area contributed by atoms with E-state index >= 15 is 0 Å². The second-order valence-corrected chi connectivity index (χ2v) is 4.60. The van der Waals surface area contributed by atoms with Crippen molar-refractivity contribution in [1.82, 2.24) is 19.5 Å². The zero-order valence-corrected chi connectivity index (χ0v) is 11.2. The summed E-state index contributed by atoms with van der Waals surface area (Å²) in [6, 6.07) is 3.31. The molecule has 2 rings (SSSR count). The third-order valence-electron chi connectivity index (χ3n) is 3.06. The van der Waals surface area contributed by atoms with Gasteiger partial charge >= 0.3 is 0 Å². The van der Waals surface area contributed by atoms with Crippen LogP contribution in [0.1, 0.15) is 25.5 Å². The summed E-state index contributed by atoms with van der Waals surface area (Å²) in [5.74, 6) is 0. The van der Waals surface area contributed by atoms with Crippen molar-refractivity contribution in [2.75, 3.05) is 19.7 Å². The molecule has 2 aromatic rings. The molecular weight excluding hydrogens is 244 g/mol. The van der Waals surface area contributed by atoms with Crippen molar-refractivity contribution in [3.63, 3.8) is 0 Å². The number of aliphatic hydroxyl groups is 1. The molecule has 6 nitrogen and oxygen atoms in total. The van der Waals surface area contributed by atoms with E-state index in [1.54, 1.807) is 18.3 Å². The lowest BCUT2D eigenvalue weighted by molar-refractivity contribution is 0.187. The molecule has 0 aliphatic rings. The van der Waals surface area contributed by atoms with Gasteiger partial charge in [0.1, 0.15) is 0 Å². The fraction of sp³-hybridized carbons (Fsp3) is 0.538. The Morgan fingerprint density at radius 2 is 2.32 bits per heavy atom. The molecule has 0 saturated carbocycles. The lowest BCUT2D eigenvalue weighted by Gasteiger charge is -2.20. The highest BCUT2D eigenvalue weighted by Gasteiger charge is 2.08. The molecule has 0 spiro atoms. The Hall–Kier alpha value is -1.66. The number of H-pyrrole nitrogens is 1. The number of nitrogens with one attached hydrogen (secondary N) is 1. The van der Waals surface area contributed by atoms with E-state index in [1.807, 2.05) is 0 Å². The van der Waals surface area contributed by atoms with Crippen molar-refractivity contribution in [1.29, 1.82) is 0 Å². The zero-order valence-electron chi connectivity index (χ0n) is 11.2. The standard InChI is InChI=1S/C13H20N4O2/c1-2-3-6-16(7-8-18)10-11-9-13(19)17-12(15-11)4-5-14-17/h4-5,9,14,18H,2-3,6-8,10H2,1H3. The Morgan fingerprint density at radius 1 is 1.47 bits per heavy atom. The Balaban J connectivity index is 2.15. The second kappa shape index (κ2) is 6.49. The summed E-state index contributed by atoms with van der Waals surface area (Å²) in [6.45, 7) is 4.36. The summed E-state index contributed by atoms with van der Waals surface area (Å²) < 4.78 is 1.41. The minimum absolute atomic E-state index is 0.107. The van der Waals surface area contributed by atoms with Crippen molar-refractivity contribution in [3.05, 3.63) is 34.4 Å². The Kier molecular flexibility index (Phi) is 4.70. The maximum atomic E-state index is 11.8. The first-order chi connectivity index (χ1) is 9.24. The van der Waals surface area contributed by atoms with E-state index < -0.39 is 0 Å². The van der Waals surface area contributed by atoms with E-state index in [1.165, 1.54) is 4.52 Å². The van der Waals surface area contributed by atoms with Crippen LogP contribution in [0.2, 0.25) is 0 Å². The van der Waals surface area contributed by atoms with E-state index in [0.717, 1.165) is 25.1 Å². The molecule has 6 heteroatoms. The van der Waals surface area contributed by atoms with E-state index in [2.05, 4.69) is 21.9 Å². The molecule has 0 bridgehead atoms. The van der Waals surface area contributed by atoms with Gasteiger partial charge in [-0.25, -0.2) is 9.50 Å². The number of aromatic amines is 1. The van der Waals surface area contributed by atoms with Gasteiger partial charge in [-0.2, -0.15) is 0 Å². The lowest BCUT2D eigenvalue weighted by Crippen LogP contribution is -2.29. The molecule has 2 N–H and O–H groups in total. The van der Waals surface area contributed by atoms with Crippen LogP contribution in [0.3, 0.4) is 0 Å². The van der Waals surface area contributed by atoms with Gasteiger partial charge in [0.2, 0.25) is 0 Å². The van der Waals surface area contributed by atoms with Crippen molar-refractivity contribution in [2.24, 2.45) is 0 Å². The predicted octanol–water partition coefficient (Wildman–Crippen LogP) is 0.617. The van der Waals surface area contributed by atoms with E-state index in [0.29, 0.717) is 18.7 Å². The van der Waals surface area contributed by atoms with Crippen LogP contribution in [-0.4, -0.2) is 44.3 Å². The van der Waals surface area contributed by atoms with E-state index in [-0.39, 0.29) is 12.2 Å². The molecular formula is C13H20N4O2. The van der Waals surface area contributed by atoms with Crippen LogP contribution in [0.25, 0.3) is 5.65 Å². The van der Waals surface area contributed by atoms with Gasteiger partial charge in [-0.3, -0.25) is 14.8 Å². The highest BCUT2D eigenvalue weighted by atomic mass is 16.3. The highest BCUT2D eigenvalue weighted by molar-refractivity contribution is 5.36. The lowest BCUT2D eigenvalue weighted by atomic mass is 10.3. The van der Waals surface area contributed by atoms with Crippen LogP contribution in [0.15, 0.2) is 23.1 Å². The molecule has 0 aromatic carbocycles. The topological polar surface area (TPSA) is 73.6 Å². The first-order valence-corrected chi connectivity index (χ1v) is 6.64. The number of rotatable bonds is 7. The number of nitrogens with zero attached hydrogens (tertiary/aromatic N) is 3. The van der Waals surface area contributed by atoms with Crippen LogP contribution >= 0.6 is 0 Å². The van der Waals surface area contributed by atoms with E-state index in [9.17, 15) is 4.79 Å². The molecule has 2 aromatic heterocycles. The Labute approximate surface area is 111 Å². The van der Waals surface area contributed by atoms with Crippen molar-refractivity contribution in [3.8, 4) is 0 Å². The maximum Gasteiger partial charge on any atom is 0.272 e. The van der Waals surface area contributed by atoms with Gasteiger partial charge in [0.05, 0.1) is 12.3 Å². The fourth-order valence-electron chi connectivity index (χ4n) is 2.08. The van der Waals surface area contributed by atoms with Crippen LogP contribution in [0.4, 0.5) is 0 Å². The quantitative estimate of drug-likeness (QED) is 0.768. The molecule has 0 aliphatic heterocycles. The second-order valence-electron chi connectivity index (χ2n) is 4.60. The number of fused-ring (bicyclic) bond motifs is 1. The number of hydrogen-bond acceptors (Lipinski definition) is 4. The van der Waals surface area contributed by atoms with Gasteiger partial charge in [-0.15, -0.1) is 0 Å². The van der Waals surface area contributed by atoms with Crippen LogP contribution in [0, 0.1) is 0 Å². The number of aliphatic hydroxyl groups excluding tert-OH is 1. The van der Waals surface area contributed by atoms with Gasteiger partial charge in [-0.1, -0.05) is 13.3 Å². The molecule has 0 atom stereocenters. The zero-order chi connectivity index (χ0) is 13.7. The number of hydrogen-bond donors (Lipinski definition) is 2. The SMILES string of the molecule is CCCCN(CCO)Cc1cc(=O)n2[nH]ccc2n1. The number of aromatic nitrogens is 3. The third-order valence-corrected chi connectivity index (χ3v) is 3.06. The largest absolute Gasteiger partial charge is 0.395 e. The van der Waals surface area contributed by atoms with Gasteiger partial charge in [-0.05, 0) is 13.0 Å². The maximum absolute atomic E-state index is 11.8. The molecule has 104 valence electrons. The molecule has 0 unspecified atom stereocenters. The van der Waals surface area contributed by atoms with Gasteiger partial charge < -0.3 is 5.11 Å². The first kappa shape index (κ1) is 13.8. The molecule has 2 heterocycles. The monoisotopic (exact) mass is 264 g/mol. The van der Waals surface area contributed by atoms with Crippen molar-refractivity contribution < 1.29 is 5.11 Å². The molecule has 19 heavy (non-hydrogen) atoms. The van der Waals surface area contributed by atoms with Crippen molar-refractivity contribution in [2.45, 2.75) is 26.3 Å². The molecule has 0 amide bonds. The Bertz CT molecular complexity index is 575. The molecule has 0 saturated heterocycles. The smallest absolute Gasteiger partial charge is 0.272 e. The summed E-state index contributed by atoms with van der Waals surface area (Å²) in [7, 11) is 0. The van der Waals surface area contributed by atoms with Crippen LogP contribution in [-0.2, 0) is 6.54 Å². The minimum atomic E-state index is -0.107. The molecule has 0 aliphatic carbocycles. The highest BCUT2D eigenvalue weighted by Crippen LogP contribution is 2.04. The first-order valence-electron chi connectivity index (χ1n) is 6.64. The summed E-state index contributed by atoms with van der Waals surface area (Å²) in [6.07, 6.45) is 3.87. The molecule has 0 fully saturated rings. The Morgan fingerprint density at radius 3 is 3.05 bits per heavy atom. The third kappa shape index (κ3) is 3.42. The van der Waals surface area contributed by atoms with Gasteiger partial charge in [0.25, 0.3) is 5.56 Å². The summed E-state index contributed by atoms with van der Waals surface area (Å²) >= 11 is 0. The normalized spacial score (nSPS) is 11.5. The van der Waals surface area contributed by atoms with Gasteiger partial charge in [0.15, 0.2) is 5.65 Å².